The highest BCUT2D eigenvalue weighted by Crippen LogP contribution is 2.11. The van der Waals surface area contributed by atoms with Crippen molar-refractivity contribution >= 4 is 21.6 Å². The number of sulfone groups is 1. The molecule has 1 saturated heterocycles. The first kappa shape index (κ1) is 17.1. The Morgan fingerprint density at radius 1 is 1.30 bits per heavy atom. The molecule has 0 aromatic heterocycles. The van der Waals surface area contributed by atoms with Crippen LogP contribution in [-0.4, -0.2) is 50.9 Å². The third-order valence-electron chi connectivity index (χ3n) is 3.10. The molecule has 0 radical (unpaired) electrons. The summed E-state index contributed by atoms with van der Waals surface area (Å²) in [7, 11) is -3.03. The number of rotatable bonds is 7. The zero-order valence-electron chi connectivity index (χ0n) is 12.5. The van der Waals surface area contributed by atoms with Gasteiger partial charge in [0, 0.05) is 6.04 Å². The maximum Gasteiger partial charge on any atom is 0.261 e. The number of para-hydroxylation sites is 1. The summed E-state index contributed by atoms with van der Waals surface area (Å²) >= 11 is 0. The molecular weight excluding hydrogens is 322 g/mol. The second-order valence-electron chi connectivity index (χ2n) is 5.13. The van der Waals surface area contributed by atoms with Crippen LogP contribution in [0.15, 0.2) is 35.5 Å². The highest BCUT2D eigenvalue weighted by molar-refractivity contribution is 7.91. The molecule has 2 rings (SSSR count). The maximum atomic E-state index is 11.6. The Hall–Kier alpha value is -2.29. The van der Waals surface area contributed by atoms with Gasteiger partial charge < -0.3 is 20.6 Å². The van der Waals surface area contributed by atoms with Gasteiger partial charge in [-0.15, -0.1) is 0 Å². The molecule has 1 atom stereocenters. The number of nitrogens with one attached hydrogen (secondary N) is 1. The van der Waals surface area contributed by atoms with Crippen molar-refractivity contribution in [2.75, 3.05) is 24.7 Å². The SMILES string of the molecule is N/C(COc1ccccc1)=N\OCC(=O)NC1CCS(=O)(=O)C1. The van der Waals surface area contributed by atoms with Gasteiger partial charge >= 0.3 is 0 Å². The monoisotopic (exact) mass is 341 g/mol. The maximum absolute atomic E-state index is 11.6. The average molecular weight is 341 g/mol. The van der Waals surface area contributed by atoms with E-state index in [4.69, 9.17) is 15.3 Å². The lowest BCUT2D eigenvalue weighted by molar-refractivity contribution is -0.126. The molecule has 23 heavy (non-hydrogen) atoms. The number of benzene rings is 1. The molecule has 1 aromatic rings. The van der Waals surface area contributed by atoms with E-state index in [0.717, 1.165) is 0 Å². The zero-order valence-corrected chi connectivity index (χ0v) is 13.3. The lowest BCUT2D eigenvalue weighted by Gasteiger charge is -2.10. The molecule has 0 bridgehead atoms. The van der Waals surface area contributed by atoms with Gasteiger partial charge in [0.1, 0.15) is 12.4 Å². The number of ether oxygens (including phenoxy) is 1. The molecule has 1 aromatic carbocycles. The minimum absolute atomic E-state index is 0.0327. The van der Waals surface area contributed by atoms with Gasteiger partial charge in [0.25, 0.3) is 5.91 Å². The second-order valence-corrected chi connectivity index (χ2v) is 7.35. The Kier molecular flexibility index (Phi) is 5.80. The number of hydrogen-bond acceptors (Lipinski definition) is 6. The number of amides is 1. The van der Waals surface area contributed by atoms with Gasteiger partial charge in [-0.25, -0.2) is 8.42 Å². The third kappa shape index (κ3) is 6.15. The molecule has 1 aliphatic heterocycles. The van der Waals surface area contributed by atoms with E-state index in [1.165, 1.54) is 0 Å². The molecule has 3 N–H and O–H groups in total. The van der Waals surface area contributed by atoms with Crippen molar-refractivity contribution in [3.63, 3.8) is 0 Å². The molecule has 9 heteroatoms. The Morgan fingerprint density at radius 3 is 2.70 bits per heavy atom. The third-order valence-corrected chi connectivity index (χ3v) is 4.87. The fourth-order valence-electron chi connectivity index (χ4n) is 2.05. The van der Waals surface area contributed by atoms with Crippen LogP contribution in [-0.2, 0) is 19.5 Å². The Balaban J connectivity index is 1.66. The molecule has 0 saturated carbocycles. The summed E-state index contributed by atoms with van der Waals surface area (Å²) < 4.78 is 27.9. The van der Waals surface area contributed by atoms with Crippen LogP contribution in [0.3, 0.4) is 0 Å². The van der Waals surface area contributed by atoms with Crippen molar-refractivity contribution in [2.24, 2.45) is 10.9 Å². The summed E-state index contributed by atoms with van der Waals surface area (Å²) in [4.78, 5) is 16.4. The topological polar surface area (TPSA) is 120 Å². The fraction of sp³-hybridized carbons (Fsp3) is 0.429. The van der Waals surface area contributed by atoms with Gasteiger partial charge in [-0.1, -0.05) is 23.4 Å². The minimum atomic E-state index is -3.03. The van der Waals surface area contributed by atoms with Crippen LogP contribution in [0.1, 0.15) is 6.42 Å². The summed E-state index contributed by atoms with van der Waals surface area (Å²) in [6, 6.07) is 8.70. The van der Waals surface area contributed by atoms with E-state index in [1.807, 2.05) is 18.2 Å². The van der Waals surface area contributed by atoms with Gasteiger partial charge in [0.15, 0.2) is 22.3 Å². The zero-order chi connectivity index (χ0) is 16.7. The molecule has 1 fully saturated rings. The van der Waals surface area contributed by atoms with Gasteiger partial charge in [0.2, 0.25) is 0 Å². The van der Waals surface area contributed by atoms with Crippen LogP contribution in [0.5, 0.6) is 5.75 Å². The Labute approximate surface area is 134 Å². The van der Waals surface area contributed by atoms with E-state index < -0.39 is 15.7 Å². The number of carbonyl (C=O) groups is 1. The lowest BCUT2D eigenvalue weighted by Crippen LogP contribution is -2.37. The summed E-state index contributed by atoms with van der Waals surface area (Å²) in [6.45, 7) is -0.297. The first-order chi connectivity index (χ1) is 10.9. The average Bonchev–Trinajstić information content (AvgIpc) is 2.85. The molecule has 1 unspecified atom stereocenters. The van der Waals surface area contributed by atoms with E-state index in [2.05, 4.69) is 10.5 Å². The molecule has 0 aliphatic carbocycles. The number of nitrogens with zero attached hydrogens (tertiary/aromatic N) is 1. The standard InChI is InChI=1S/C14H19N3O5S/c15-13(8-21-12-4-2-1-3-5-12)17-22-9-14(18)16-11-6-7-23(19,20)10-11/h1-5,11H,6-10H2,(H2,15,17)(H,16,18). The van der Waals surface area contributed by atoms with Gasteiger partial charge in [-0.2, -0.15) is 0 Å². The van der Waals surface area contributed by atoms with Gasteiger partial charge in [0.05, 0.1) is 11.5 Å². The van der Waals surface area contributed by atoms with Crippen molar-refractivity contribution in [1.29, 1.82) is 0 Å². The predicted octanol–water partition coefficient (Wildman–Crippen LogP) is -0.342. The first-order valence-corrected chi connectivity index (χ1v) is 8.89. The minimum Gasteiger partial charge on any atom is -0.486 e. The van der Waals surface area contributed by atoms with Crippen LogP contribution < -0.4 is 15.8 Å². The number of hydrogen-bond donors (Lipinski definition) is 2. The fourth-order valence-corrected chi connectivity index (χ4v) is 3.73. The summed E-state index contributed by atoms with van der Waals surface area (Å²) in [6.07, 6.45) is 0.421. The largest absolute Gasteiger partial charge is 0.486 e. The van der Waals surface area contributed by atoms with E-state index in [9.17, 15) is 13.2 Å². The van der Waals surface area contributed by atoms with Crippen molar-refractivity contribution in [1.82, 2.24) is 5.32 Å². The Bertz CT molecular complexity index is 660. The molecule has 1 amide bonds. The molecule has 126 valence electrons. The summed E-state index contributed by atoms with van der Waals surface area (Å²) in [5, 5.41) is 6.15. The molecule has 1 heterocycles. The van der Waals surface area contributed by atoms with E-state index in [-0.39, 0.29) is 36.6 Å². The summed E-state index contributed by atoms with van der Waals surface area (Å²) in [5.41, 5.74) is 5.60. The highest BCUT2D eigenvalue weighted by Gasteiger charge is 2.28. The predicted molar refractivity (Wildman–Crippen MR) is 84.7 cm³/mol. The first-order valence-electron chi connectivity index (χ1n) is 7.06. The number of carbonyl (C=O) groups excluding carboxylic acids is 1. The molecular formula is C14H19N3O5S. The van der Waals surface area contributed by atoms with E-state index in [0.29, 0.717) is 12.2 Å². The normalized spacial score (nSPS) is 20.0. The van der Waals surface area contributed by atoms with Crippen LogP contribution in [0, 0.1) is 0 Å². The summed E-state index contributed by atoms with van der Waals surface area (Å²) in [5.74, 6) is 0.360. The van der Waals surface area contributed by atoms with Crippen molar-refractivity contribution in [3.05, 3.63) is 30.3 Å². The Morgan fingerprint density at radius 2 is 2.04 bits per heavy atom. The van der Waals surface area contributed by atoms with Crippen LogP contribution >= 0.6 is 0 Å². The quantitative estimate of drug-likeness (QED) is 0.398. The van der Waals surface area contributed by atoms with Crippen LogP contribution in [0.2, 0.25) is 0 Å². The number of oxime groups is 1. The second kappa shape index (κ2) is 7.82. The van der Waals surface area contributed by atoms with E-state index in [1.54, 1.807) is 12.1 Å². The molecule has 1 aliphatic rings. The number of amidine groups is 1. The van der Waals surface area contributed by atoms with Crippen molar-refractivity contribution < 1.29 is 22.8 Å². The van der Waals surface area contributed by atoms with Gasteiger partial charge in [-0.05, 0) is 18.6 Å². The van der Waals surface area contributed by atoms with Crippen molar-refractivity contribution in [3.8, 4) is 5.75 Å². The van der Waals surface area contributed by atoms with Gasteiger partial charge in [-0.3, -0.25) is 4.79 Å². The van der Waals surface area contributed by atoms with E-state index >= 15 is 0 Å². The molecule has 0 spiro atoms. The van der Waals surface area contributed by atoms with Crippen LogP contribution in [0.4, 0.5) is 0 Å². The number of nitrogens with two attached hydrogens (primary N) is 1. The lowest BCUT2D eigenvalue weighted by atomic mass is 10.2. The smallest absolute Gasteiger partial charge is 0.261 e. The highest BCUT2D eigenvalue weighted by atomic mass is 32.2. The molecule has 8 nitrogen and oxygen atoms in total. The van der Waals surface area contributed by atoms with Crippen molar-refractivity contribution in [2.45, 2.75) is 12.5 Å². The van der Waals surface area contributed by atoms with Crippen LogP contribution in [0.25, 0.3) is 0 Å².